The number of hydrogen-bond acceptors (Lipinski definition) is 8. The minimum absolute atomic E-state index is 0.000672. The highest BCUT2D eigenvalue weighted by Gasteiger charge is 2.34. The summed E-state index contributed by atoms with van der Waals surface area (Å²) in [5.74, 6) is 3.65. The molecule has 0 amide bonds. The zero-order valence-electron chi connectivity index (χ0n) is 26.3. The van der Waals surface area contributed by atoms with Crippen molar-refractivity contribution in [3.8, 4) is 40.2 Å². The number of ether oxygens (including phenoxy) is 4. The van der Waals surface area contributed by atoms with Crippen LogP contribution in [0.3, 0.4) is 0 Å². The van der Waals surface area contributed by atoms with Crippen molar-refractivity contribution >= 4 is 0 Å². The predicted octanol–water partition coefficient (Wildman–Crippen LogP) is 6.34. The average Bonchev–Trinajstić information content (AvgIpc) is 3.05. The number of aliphatic hydroxyl groups excluding tert-OH is 1. The van der Waals surface area contributed by atoms with Gasteiger partial charge in [0, 0.05) is 36.3 Å². The van der Waals surface area contributed by atoms with Gasteiger partial charge in [0.05, 0.1) is 20.8 Å². The maximum absolute atomic E-state index is 10.7. The van der Waals surface area contributed by atoms with Gasteiger partial charge < -0.3 is 29.2 Å². The van der Waals surface area contributed by atoms with E-state index in [1.54, 1.807) is 20.3 Å². The molecular formula is C37H40N2O6. The van der Waals surface area contributed by atoms with Gasteiger partial charge in [-0.2, -0.15) is 0 Å². The summed E-state index contributed by atoms with van der Waals surface area (Å²) in [6, 6.07) is 20.0. The van der Waals surface area contributed by atoms with Crippen LogP contribution >= 0.6 is 0 Å². The highest BCUT2D eigenvalue weighted by molar-refractivity contribution is 5.61. The second kappa shape index (κ2) is 11.9. The average molecular weight is 609 g/mol. The number of rotatable bonds is 3. The van der Waals surface area contributed by atoms with Gasteiger partial charge in [0.1, 0.15) is 5.75 Å². The summed E-state index contributed by atoms with van der Waals surface area (Å²) < 4.78 is 25.1. The lowest BCUT2D eigenvalue weighted by molar-refractivity contribution is 0.219. The van der Waals surface area contributed by atoms with Gasteiger partial charge in [-0.15, -0.1) is 0 Å². The lowest BCUT2D eigenvalue weighted by Gasteiger charge is -2.37. The summed E-state index contributed by atoms with van der Waals surface area (Å²) in [6.45, 7) is 1.63. The zero-order valence-corrected chi connectivity index (χ0v) is 26.3. The first kappa shape index (κ1) is 29.5. The van der Waals surface area contributed by atoms with E-state index in [0.717, 1.165) is 61.0 Å². The molecule has 8 heteroatoms. The molecule has 234 valence electrons. The number of aliphatic hydroxyl groups is 1. The number of hydrogen-bond donors (Lipinski definition) is 2. The quantitative estimate of drug-likeness (QED) is 0.279. The van der Waals surface area contributed by atoms with E-state index in [2.05, 4.69) is 54.2 Å². The molecule has 4 aliphatic rings. The van der Waals surface area contributed by atoms with Crippen LogP contribution in [-0.2, 0) is 32.3 Å². The van der Waals surface area contributed by atoms with Gasteiger partial charge in [-0.25, -0.2) is 0 Å². The molecule has 0 spiro atoms. The maximum atomic E-state index is 10.7. The van der Waals surface area contributed by atoms with Gasteiger partial charge in [0.25, 0.3) is 0 Å². The Hall–Kier alpha value is -4.24. The normalized spacial score (nSPS) is 19.5. The standard InChI is InChI=1S/C37H40N2O6/c1-38-13-11-24-19-33(42-3)34-20-28(24)29(38)16-23-7-10-31(41)32(17-23)44-27-8-5-22(6-9-27)15-30-35-25(12-14-39(30)2)18-26(21-40)36(43-4)37(35)45-34/h5-10,17-20,29-30,40-41H,11-16,21H2,1-4H3. The summed E-state index contributed by atoms with van der Waals surface area (Å²) >= 11 is 0. The van der Waals surface area contributed by atoms with Crippen molar-refractivity contribution in [2.75, 3.05) is 41.4 Å². The third kappa shape index (κ3) is 5.37. The second-order valence-corrected chi connectivity index (χ2v) is 12.4. The molecule has 2 atom stereocenters. The van der Waals surface area contributed by atoms with Crippen LogP contribution in [-0.4, -0.2) is 61.4 Å². The van der Waals surface area contributed by atoms with E-state index in [0.29, 0.717) is 40.1 Å². The number of nitrogens with zero attached hydrogens (tertiary/aromatic N) is 2. The molecular weight excluding hydrogens is 568 g/mol. The highest BCUT2D eigenvalue weighted by atomic mass is 16.5. The molecule has 0 aromatic heterocycles. The molecule has 0 saturated heterocycles. The molecule has 2 unspecified atom stereocenters. The van der Waals surface area contributed by atoms with Crippen molar-refractivity contribution in [3.63, 3.8) is 0 Å². The lowest BCUT2D eigenvalue weighted by Crippen LogP contribution is -2.34. The molecule has 6 bridgehead atoms. The van der Waals surface area contributed by atoms with Crippen molar-refractivity contribution in [1.82, 2.24) is 9.80 Å². The Balaban J connectivity index is 1.46. The molecule has 8 nitrogen and oxygen atoms in total. The molecule has 4 aromatic carbocycles. The Kier molecular flexibility index (Phi) is 7.81. The van der Waals surface area contributed by atoms with Crippen LogP contribution in [0.5, 0.6) is 40.2 Å². The Morgan fingerprint density at radius 1 is 0.778 bits per heavy atom. The molecule has 45 heavy (non-hydrogen) atoms. The highest BCUT2D eigenvalue weighted by Crippen LogP contribution is 2.50. The Morgan fingerprint density at radius 2 is 1.49 bits per heavy atom. The summed E-state index contributed by atoms with van der Waals surface area (Å²) in [5.41, 5.74) is 7.51. The number of fused-ring (bicyclic) bond motifs is 2. The Bertz CT molecular complexity index is 1740. The van der Waals surface area contributed by atoms with Gasteiger partial charge in [-0.1, -0.05) is 18.2 Å². The van der Waals surface area contributed by atoms with Gasteiger partial charge in [-0.3, -0.25) is 9.80 Å². The van der Waals surface area contributed by atoms with Crippen LogP contribution in [0.1, 0.15) is 51.0 Å². The van der Waals surface area contributed by atoms with Crippen LogP contribution in [0.2, 0.25) is 0 Å². The van der Waals surface area contributed by atoms with Gasteiger partial charge in [0.2, 0.25) is 0 Å². The lowest BCUT2D eigenvalue weighted by atomic mass is 9.86. The first-order valence-corrected chi connectivity index (χ1v) is 15.6. The molecule has 4 heterocycles. The van der Waals surface area contributed by atoms with E-state index in [-0.39, 0.29) is 24.4 Å². The first-order valence-electron chi connectivity index (χ1n) is 15.6. The topological polar surface area (TPSA) is 83.9 Å². The Morgan fingerprint density at radius 3 is 2.22 bits per heavy atom. The van der Waals surface area contributed by atoms with Crippen LogP contribution in [0.25, 0.3) is 0 Å². The second-order valence-electron chi connectivity index (χ2n) is 12.4. The first-order chi connectivity index (χ1) is 21.9. The van der Waals surface area contributed by atoms with E-state index in [1.165, 1.54) is 11.1 Å². The smallest absolute Gasteiger partial charge is 0.174 e. The number of phenolic OH excluding ortho intramolecular Hbond substituents is 1. The van der Waals surface area contributed by atoms with E-state index >= 15 is 0 Å². The molecule has 0 radical (unpaired) electrons. The van der Waals surface area contributed by atoms with E-state index in [4.69, 9.17) is 18.9 Å². The van der Waals surface area contributed by atoms with Crippen molar-refractivity contribution in [3.05, 3.63) is 99.6 Å². The monoisotopic (exact) mass is 608 g/mol. The zero-order chi connectivity index (χ0) is 31.2. The fourth-order valence-corrected chi connectivity index (χ4v) is 7.20. The molecule has 0 aliphatic carbocycles. The summed E-state index contributed by atoms with van der Waals surface area (Å²) in [5, 5.41) is 21.1. The SMILES string of the molecule is COc1cc2c3cc1Oc1c(OC)c(CO)cc4c1C(Cc1ccc(cc1)Oc1cc(ccc1O)CC3N(C)CC2)N(C)CC4. The number of aromatic hydroxyl groups is 1. The summed E-state index contributed by atoms with van der Waals surface area (Å²) in [4.78, 5) is 4.72. The van der Waals surface area contributed by atoms with Crippen molar-refractivity contribution in [2.45, 2.75) is 44.4 Å². The fraction of sp³-hybridized carbons (Fsp3) is 0.351. The number of methoxy groups -OCH3 is 2. The summed E-state index contributed by atoms with van der Waals surface area (Å²) in [7, 11) is 7.60. The van der Waals surface area contributed by atoms with E-state index < -0.39 is 0 Å². The number of likely N-dealkylation sites (N-methyl/N-ethyl adjacent to an activating group) is 2. The molecule has 0 saturated carbocycles. The number of phenols is 1. The van der Waals surface area contributed by atoms with Crippen molar-refractivity contribution < 1.29 is 29.2 Å². The molecule has 8 rings (SSSR count). The minimum atomic E-state index is -0.155. The molecule has 4 aliphatic heterocycles. The van der Waals surface area contributed by atoms with Gasteiger partial charge in [-0.05, 0) is 110 Å². The summed E-state index contributed by atoms with van der Waals surface area (Å²) in [6.07, 6.45) is 3.18. The van der Waals surface area contributed by atoms with Crippen LogP contribution in [0.15, 0.2) is 60.7 Å². The minimum Gasteiger partial charge on any atom is -0.504 e. The van der Waals surface area contributed by atoms with Gasteiger partial charge >= 0.3 is 0 Å². The van der Waals surface area contributed by atoms with Crippen LogP contribution in [0, 0.1) is 0 Å². The predicted molar refractivity (Wildman–Crippen MR) is 172 cm³/mol. The van der Waals surface area contributed by atoms with E-state index in [1.807, 2.05) is 24.3 Å². The van der Waals surface area contributed by atoms with Crippen LogP contribution in [0.4, 0.5) is 0 Å². The Labute approximate surface area is 264 Å². The maximum Gasteiger partial charge on any atom is 0.174 e. The fourth-order valence-electron chi connectivity index (χ4n) is 7.20. The van der Waals surface area contributed by atoms with Crippen LogP contribution < -0.4 is 18.9 Å². The van der Waals surface area contributed by atoms with Gasteiger partial charge in [0.15, 0.2) is 34.5 Å². The van der Waals surface area contributed by atoms with E-state index in [9.17, 15) is 10.2 Å². The third-order valence-corrected chi connectivity index (χ3v) is 9.71. The molecule has 0 fully saturated rings. The van der Waals surface area contributed by atoms with Crippen molar-refractivity contribution in [1.29, 1.82) is 0 Å². The molecule has 2 N–H and O–H groups in total. The number of benzene rings is 4. The molecule has 4 aromatic rings. The van der Waals surface area contributed by atoms with Crippen molar-refractivity contribution in [2.24, 2.45) is 0 Å². The largest absolute Gasteiger partial charge is 0.504 e. The third-order valence-electron chi connectivity index (χ3n) is 9.71.